The van der Waals surface area contributed by atoms with Gasteiger partial charge in [-0.05, 0) is 48.5 Å². The number of para-hydroxylation sites is 1. The zero-order chi connectivity index (χ0) is 20.6. The average molecular weight is 429 g/mol. The Morgan fingerprint density at radius 3 is 2.55 bits per heavy atom. The van der Waals surface area contributed by atoms with E-state index in [-0.39, 0.29) is 5.91 Å². The van der Waals surface area contributed by atoms with Gasteiger partial charge in [-0.1, -0.05) is 41.4 Å². The van der Waals surface area contributed by atoms with Gasteiger partial charge in [0.25, 0.3) is 5.91 Å². The number of carbonyl (C=O) groups excluding carboxylic acids is 1. The summed E-state index contributed by atoms with van der Waals surface area (Å²) in [7, 11) is 1.58. The third-order valence-electron chi connectivity index (χ3n) is 4.03. The molecule has 0 radical (unpaired) electrons. The number of benzene rings is 3. The van der Waals surface area contributed by atoms with E-state index in [2.05, 4.69) is 10.5 Å². The van der Waals surface area contributed by atoms with Crippen molar-refractivity contribution in [2.75, 3.05) is 7.11 Å². The molecule has 148 valence electrons. The summed E-state index contributed by atoms with van der Waals surface area (Å²) < 4.78 is 10.9. The Labute approximate surface area is 178 Å². The number of hydrogen-bond acceptors (Lipinski definition) is 4. The van der Waals surface area contributed by atoms with E-state index >= 15 is 0 Å². The van der Waals surface area contributed by atoms with E-state index in [1.165, 1.54) is 6.21 Å². The summed E-state index contributed by atoms with van der Waals surface area (Å²) in [6, 6.07) is 19.4. The van der Waals surface area contributed by atoms with Crippen molar-refractivity contribution in [2.45, 2.75) is 6.61 Å². The average Bonchev–Trinajstić information content (AvgIpc) is 2.74. The van der Waals surface area contributed by atoms with Crippen LogP contribution in [0.25, 0.3) is 0 Å². The Kier molecular flexibility index (Phi) is 7.11. The van der Waals surface area contributed by atoms with Crippen molar-refractivity contribution in [2.24, 2.45) is 5.10 Å². The van der Waals surface area contributed by atoms with Crippen LogP contribution < -0.4 is 14.9 Å². The summed E-state index contributed by atoms with van der Waals surface area (Å²) in [6.07, 6.45) is 1.53. The fraction of sp³-hybridized carbons (Fsp3) is 0.0909. The van der Waals surface area contributed by atoms with E-state index in [4.69, 9.17) is 32.7 Å². The van der Waals surface area contributed by atoms with Crippen LogP contribution in [0.5, 0.6) is 11.5 Å². The van der Waals surface area contributed by atoms with Crippen molar-refractivity contribution in [3.8, 4) is 11.5 Å². The van der Waals surface area contributed by atoms with Crippen LogP contribution in [-0.2, 0) is 6.61 Å². The Balaban J connectivity index is 1.56. The Morgan fingerprint density at radius 2 is 1.83 bits per heavy atom. The highest BCUT2D eigenvalue weighted by Crippen LogP contribution is 2.23. The number of halogens is 2. The molecule has 1 amide bonds. The first-order valence-corrected chi connectivity index (χ1v) is 9.45. The molecule has 0 atom stereocenters. The first-order chi connectivity index (χ1) is 14.1. The number of hydrazone groups is 1. The lowest BCUT2D eigenvalue weighted by Crippen LogP contribution is -2.17. The van der Waals surface area contributed by atoms with Crippen molar-refractivity contribution in [1.82, 2.24) is 5.43 Å². The minimum Gasteiger partial charge on any atom is -0.496 e. The first-order valence-electron chi connectivity index (χ1n) is 8.70. The molecule has 0 unspecified atom stereocenters. The van der Waals surface area contributed by atoms with Crippen LogP contribution in [0.4, 0.5) is 0 Å². The molecule has 0 aliphatic carbocycles. The molecular formula is C22H18Cl2N2O3. The minimum atomic E-state index is -0.330. The predicted molar refractivity (Wildman–Crippen MR) is 115 cm³/mol. The molecule has 0 spiro atoms. The quantitative estimate of drug-likeness (QED) is 0.407. The maximum absolute atomic E-state index is 12.2. The number of carbonyl (C=O) groups is 1. The lowest BCUT2D eigenvalue weighted by Gasteiger charge is -2.09. The van der Waals surface area contributed by atoms with Crippen LogP contribution in [-0.4, -0.2) is 19.2 Å². The molecule has 0 saturated heterocycles. The molecule has 1 N–H and O–H groups in total. The van der Waals surface area contributed by atoms with Crippen molar-refractivity contribution in [1.29, 1.82) is 0 Å². The van der Waals surface area contributed by atoms with E-state index in [9.17, 15) is 4.79 Å². The summed E-state index contributed by atoms with van der Waals surface area (Å²) in [6.45, 7) is 0.296. The van der Waals surface area contributed by atoms with Gasteiger partial charge in [-0.2, -0.15) is 5.10 Å². The van der Waals surface area contributed by atoms with E-state index in [0.717, 1.165) is 11.1 Å². The SMILES string of the molecule is COc1ccccc1/C=N/NC(=O)c1ccc(OCc2ccc(Cl)cc2Cl)cc1. The van der Waals surface area contributed by atoms with Gasteiger partial charge in [0.1, 0.15) is 18.1 Å². The van der Waals surface area contributed by atoms with Crippen LogP contribution in [0, 0.1) is 0 Å². The molecule has 0 bridgehead atoms. The van der Waals surface area contributed by atoms with Gasteiger partial charge in [0, 0.05) is 26.7 Å². The van der Waals surface area contributed by atoms with E-state index in [0.29, 0.717) is 33.7 Å². The normalized spacial score (nSPS) is 10.7. The Morgan fingerprint density at radius 1 is 1.07 bits per heavy atom. The number of ether oxygens (including phenoxy) is 2. The zero-order valence-corrected chi connectivity index (χ0v) is 17.1. The van der Waals surface area contributed by atoms with Gasteiger partial charge >= 0.3 is 0 Å². The summed E-state index contributed by atoms with van der Waals surface area (Å²) >= 11 is 12.0. The van der Waals surface area contributed by atoms with Crippen LogP contribution in [0.2, 0.25) is 10.0 Å². The van der Waals surface area contributed by atoms with Crippen molar-refractivity contribution >= 4 is 35.3 Å². The second-order valence-electron chi connectivity index (χ2n) is 5.99. The van der Waals surface area contributed by atoms with Crippen molar-refractivity contribution < 1.29 is 14.3 Å². The maximum Gasteiger partial charge on any atom is 0.271 e. The predicted octanol–water partition coefficient (Wildman–Crippen LogP) is 5.34. The van der Waals surface area contributed by atoms with E-state index in [1.807, 2.05) is 30.3 Å². The molecule has 0 saturated carbocycles. The number of nitrogens with one attached hydrogen (secondary N) is 1. The fourth-order valence-corrected chi connectivity index (χ4v) is 2.96. The van der Waals surface area contributed by atoms with Gasteiger partial charge in [0.2, 0.25) is 0 Å². The second kappa shape index (κ2) is 9.96. The van der Waals surface area contributed by atoms with Gasteiger partial charge in [0.15, 0.2) is 0 Å². The molecule has 5 nitrogen and oxygen atoms in total. The van der Waals surface area contributed by atoms with Gasteiger partial charge in [0.05, 0.1) is 13.3 Å². The number of hydrogen-bond donors (Lipinski definition) is 1. The molecule has 3 aromatic rings. The molecule has 3 aromatic carbocycles. The van der Waals surface area contributed by atoms with Crippen molar-refractivity contribution in [3.63, 3.8) is 0 Å². The highest BCUT2D eigenvalue weighted by Gasteiger charge is 2.06. The molecule has 0 aliphatic heterocycles. The van der Waals surface area contributed by atoms with Crippen molar-refractivity contribution in [3.05, 3.63) is 93.5 Å². The molecule has 0 aromatic heterocycles. The van der Waals surface area contributed by atoms with Crippen LogP contribution in [0.1, 0.15) is 21.5 Å². The fourth-order valence-electron chi connectivity index (χ4n) is 2.50. The summed E-state index contributed by atoms with van der Waals surface area (Å²) in [4.78, 5) is 12.2. The topological polar surface area (TPSA) is 59.9 Å². The van der Waals surface area contributed by atoms with Crippen LogP contribution in [0.15, 0.2) is 71.8 Å². The number of nitrogens with zero attached hydrogens (tertiary/aromatic N) is 1. The van der Waals surface area contributed by atoms with Gasteiger partial charge in [-0.25, -0.2) is 5.43 Å². The number of amides is 1. The van der Waals surface area contributed by atoms with E-state index in [1.54, 1.807) is 43.5 Å². The van der Waals surface area contributed by atoms with Gasteiger partial charge in [-0.15, -0.1) is 0 Å². The van der Waals surface area contributed by atoms with E-state index < -0.39 is 0 Å². The highest BCUT2D eigenvalue weighted by atomic mass is 35.5. The summed E-state index contributed by atoms with van der Waals surface area (Å²) in [5, 5.41) is 5.10. The van der Waals surface area contributed by atoms with Gasteiger partial charge < -0.3 is 9.47 Å². The smallest absolute Gasteiger partial charge is 0.271 e. The largest absolute Gasteiger partial charge is 0.496 e. The molecule has 29 heavy (non-hydrogen) atoms. The van der Waals surface area contributed by atoms with Crippen LogP contribution in [0.3, 0.4) is 0 Å². The zero-order valence-electron chi connectivity index (χ0n) is 15.6. The number of rotatable bonds is 7. The second-order valence-corrected chi connectivity index (χ2v) is 6.83. The first kappa shape index (κ1) is 20.7. The molecule has 0 heterocycles. The third-order valence-corrected chi connectivity index (χ3v) is 4.62. The minimum absolute atomic E-state index is 0.296. The maximum atomic E-state index is 12.2. The molecule has 7 heteroatoms. The highest BCUT2D eigenvalue weighted by molar-refractivity contribution is 6.35. The molecule has 0 aliphatic rings. The molecule has 3 rings (SSSR count). The molecular weight excluding hydrogens is 411 g/mol. The molecule has 0 fully saturated rings. The summed E-state index contributed by atoms with van der Waals surface area (Å²) in [5.41, 5.74) is 4.54. The summed E-state index contributed by atoms with van der Waals surface area (Å²) in [5.74, 6) is 0.960. The third kappa shape index (κ3) is 5.73. The monoisotopic (exact) mass is 428 g/mol. The Bertz CT molecular complexity index is 1020. The lowest BCUT2D eigenvalue weighted by atomic mass is 10.2. The van der Waals surface area contributed by atoms with Gasteiger partial charge in [-0.3, -0.25) is 4.79 Å². The Hall–Kier alpha value is -3.02. The standard InChI is InChI=1S/C22H18Cl2N2O3/c1-28-21-5-3-2-4-16(21)13-25-26-22(27)15-7-10-19(11-8-15)29-14-17-6-9-18(23)12-20(17)24/h2-13H,14H2,1H3,(H,26,27)/b25-13+. The lowest BCUT2D eigenvalue weighted by molar-refractivity contribution is 0.0955. The van der Waals surface area contributed by atoms with Crippen LogP contribution >= 0.6 is 23.2 Å². The number of methoxy groups -OCH3 is 1.